The lowest BCUT2D eigenvalue weighted by Gasteiger charge is -2.04. The summed E-state index contributed by atoms with van der Waals surface area (Å²) in [5.41, 5.74) is 8.36. The summed E-state index contributed by atoms with van der Waals surface area (Å²) in [4.78, 5) is 8.56. The minimum atomic E-state index is -0.281. The standard InChI is InChI=1S/C16H12FN3/c17-15-4-2-1-3-14(15)12-9-19-16(20-10-12)11-5-7-13(18)8-6-11/h1-10H,18H2. The lowest BCUT2D eigenvalue weighted by molar-refractivity contribution is 0.631. The summed E-state index contributed by atoms with van der Waals surface area (Å²) in [5.74, 6) is 0.307. The number of nitrogens with two attached hydrogens (primary N) is 1. The third kappa shape index (κ3) is 2.36. The molecule has 2 N–H and O–H groups in total. The van der Waals surface area contributed by atoms with Crippen molar-refractivity contribution >= 4 is 5.69 Å². The van der Waals surface area contributed by atoms with E-state index >= 15 is 0 Å². The second-order valence-electron chi connectivity index (χ2n) is 4.40. The monoisotopic (exact) mass is 265 g/mol. The lowest BCUT2D eigenvalue weighted by atomic mass is 10.1. The first-order valence-corrected chi connectivity index (χ1v) is 6.17. The van der Waals surface area contributed by atoms with Crippen LogP contribution < -0.4 is 5.73 Å². The Morgan fingerprint density at radius 3 is 2.10 bits per heavy atom. The third-order valence-corrected chi connectivity index (χ3v) is 3.01. The van der Waals surface area contributed by atoms with E-state index in [0.717, 1.165) is 5.56 Å². The summed E-state index contributed by atoms with van der Waals surface area (Å²) >= 11 is 0. The summed E-state index contributed by atoms with van der Waals surface area (Å²) < 4.78 is 13.7. The molecular weight excluding hydrogens is 253 g/mol. The van der Waals surface area contributed by atoms with Gasteiger partial charge in [-0.15, -0.1) is 0 Å². The van der Waals surface area contributed by atoms with Gasteiger partial charge in [0, 0.05) is 34.8 Å². The molecule has 0 fully saturated rings. The zero-order valence-corrected chi connectivity index (χ0v) is 10.6. The van der Waals surface area contributed by atoms with Crippen molar-refractivity contribution in [3.8, 4) is 22.5 Å². The molecule has 3 aromatic rings. The Morgan fingerprint density at radius 2 is 1.45 bits per heavy atom. The average Bonchev–Trinajstić information content (AvgIpc) is 2.49. The summed E-state index contributed by atoms with van der Waals surface area (Å²) in [6, 6.07) is 13.9. The minimum Gasteiger partial charge on any atom is -0.399 e. The summed E-state index contributed by atoms with van der Waals surface area (Å²) in [7, 11) is 0. The van der Waals surface area contributed by atoms with E-state index in [4.69, 9.17) is 5.73 Å². The quantitative estimate of drug-likeness (QED) is 0.721. The summed E-state index contributed by atoms with van der Waals surface area (Å²) in [5, 5.41) is 0. The Kier molecular flexibility index (Phi) is 3.13. The molecule has 0 aliphatic carbocycles. The molecule has 1 aromatic heterocycles. The number of aromatic nitrogens is 2. The van der Waals surface area contributed by atoms with Gasteiger partial charge in [0.25, 0.3) is 0 Å². The highest BCUT2D eigenvalue weighted by atomic mass is 19.1. The van der Waals surface area contributed by atoms with Crippen molar-refractivity contribution in [2.24, 2.45) is 0 Å². The van der Waals surface area contributed by atoms with Crippen LogP contribution >= 0.6 is 0 Å². The average molecular weight is 265 g/mol. The second-order valence-corrected chi connectivity index (χ2v) is 4.40. The predicted octanol–water partition coefficient (Wildman–Crippen LogP) is 3.53. The van der Waals surface area contributed by atoms with Crippen LogP contribution in [0.5, 0.6) is 0 Å². The fraction of sp³-hybridized carbons (Fsp3) is 0. The maximum Gasteiger partial charge on any atom is 0.159 e. The minimum absolute atomic E-state index is 0.281. The predicted molar refractivity (Wildman–Crippen MR) is 77.3 cm³/mol. The highest BCUT2D eigenvalue weighted by Crippen LogP contribution is 2.23. The first-order chi connectivity index (χ1) is 9.74. The molecule has 0 saturated heterocycles. The van der Waals surface area contributed by atoms with Gasteiger partial charge in [-0.25, -0.2) is 14.4 Å². The van der Waals surface area contributed by atoms with Crippen LogP contribution in [0.15, 0.2) is 60.9 Å². The smallest absolute Gasteiger partial charge is 0.159 e. The number of hydrogen-bond donors (Lipinski definition) is 1. The van der Waals surface area contributed by atoms with Gasteiger partial charge < -0.3 is 5.73 Å². The molecule has 4 heteroatoms. The Balaban J connectivity index is 1.96. The van der Waals surface area contributed by atoms with Crippen LogP contribution in [-0.2, 0) is 0 Å². The maximum absolute atomic E-state index is 13.7. The third-order valence-electron chi connectivity index (χ3n) is 3.01. The zero-order valence-electron chi connectivity index (χ0n) is 10.6. The van der Waals surface area contributed by atoms with Gasteiger partial charge >= 0.3 is 0 Å². The van der Waals surface area contributed by atoms with E-state index in [1.807, 2.05) is 12.1 Å². The van der Waals surface area contributed by atoms with Crippen LogP contribution in [0, 0.1) is 5.82 Å². The molecule has 2 aromatic carbocycles. The van der Waals surface area contributed by atoms with Crippen molar-refractivity contribution < 1.29 is 4.39 Å². The van der Waals surface area contributed by atoms with Gasteiger partial charge in [0.15, 0.2) is 5.82 Å². The van der Waals surface area contributed by atoms with Gasteiger partial charge in [0.05, 0.1) is 0 Å². The molecule has 1 heterocycles. The molecule has 0 aliphatic rings. The fourth-order valence-corrected chi connectivity index (χ4v) is 1.94. The van der Waals surface area contributed by atoms with Crippen molar-refractivity contribution in [3.63, 3.8) is 0 Å². The van der Waals surface area contributed by atoms with Gasteiger partial charge in [-0.05, 0) is 30.3 Å². The fourth-order valence-electron chi connectivity index (χ4n) is 1.94. The Hall–Kier alpha value is -2.75. The molecule has 3 rings (SSSR count). The van der Waals surface area contributed by atoms with E-state index in [1.165, 1.54) is 6.07 Å². The normalized spacial score (nSPS) is 10.4. The van der Waals surface area contributed by atoms with E-state index in [1.54, 1.807) is 42.7 Å². The zero-order chi connectivity index (χ0) is 13.9. The number of rotatable bonds is 2. The molecule has 0 unspecified atom stereocenters. The van der Waals surface area contributed by atoms with Crippen molar-refractivity contribution in [3.05, 3.63) is 66.7 Å². The van der Waals surface area contributed by atoms with Crippen LogP contribution in [-0.4, -0.2) is 9.97 Å². The lowest BCUT2D eigenvalue weighted by Crippen LogP contribution is -1.92. The highest BCUT2D eigenvalue weighted by Gasteiger charge is 2.06. The van der Waals surface area contributed by atoms with Gasteiger partial charge in [-0.2, -0.15) is 0 Å². The molecule has 0 aliphatic heterocycles. The molecule has 0 spiro atoms. The number of hydrogen-bond acceptors (Lipinski definition) is 3. The second kappa shape index (κ2) is 5.09. The summed E-state index contributed by atoms with van der Waals surface area (Å²) in [6.45, 7) is 0. The van der Waals surface area contributed by atoms with E-state index in [2.05, 4.69) is 9.97 Å². The molecule has 3 nitrogen and oxygen atoms in total. The number of nitrogen functional groups attached to an aromatic ring is 1. The SMILES string of the molecule is Nc1ccc(-c2ncc(-c3ccccc3F)cn2)cc1. The van der Waals surface area contributed by atoms with Crippen LogP contribution in [0.2, 0.25) is 0 Å². The van der Waals surface area contributed by atoms with Crippen LogP contribution in [0.3, 0.4) is 0 Å². The topological polar surface area (TPSA) is 51.8 Å². The summed E-state index contributed by atoms with van der Waals surface area (Å²) in [6.07, 6.45) is 3.24. The number of nitrogens with zero attached hydrogens (tertiary/aromatic N) is 2. The largest absolute Gasteiger partial charge is 0.399 e. The van der Waals surface area contributed by atoms with Crippen molar-refractivity contribution in [2.75, 3.05) is 5.73 Å². The van der Waals surface area contributed by atoms with Crippen molar-refractivity contribution in [2.45, 2.75) is 0 Å². The first-order valence-electron chi connectivity index (χ1n) is 6.17. The van der Waals surface area contributed by atoms with E-state index in [9.17, 15) is 4.39 Å². The van der Waals surface area contributed by atoms with Crippen LogP contribution in [0.25, 0.3) is 22.5 Å². The van der Waals surface area contributed by atoms with Crippen LogP contribution in [0.1, 0.15) is 0 Å². The molecule has 0 atom stereocenters. The molecule has 0 saturated carbocycles. The Morgan fingerprint density at radius 1 is 0.800 bits per heavy atom. The van der Waals surface area contributed by atoms with Crippen molar-refractivity contribution in [1.82, 2.24) is 9.97 Å². The Bertz CT molecular complexity index is 721. The molecule has 0 bridgehead atoms. The van der Waals surface area contributed by atoms with Gasteiger partial charge in [-0.1, -0.05) is 18.2 Å². The van der Waals surface area contributed by atoms with E-state index < -0.39 is 0 Å². The highest BCUT2D eigenvalue weighted by molar-refractivity contribution is 5.64. The van der Waals surface area contributed by atoms with E-state index in [0.29, 0.717) is 22.6 Å². The van der Waals surface area contributed by atoms with Crippen LogP contribution in [0.4, 0.5) is 10.1 Å². The number of halogens is 1. The molecular formula is C16H12FN3. The number of anilines is 1. The first kappa shape index (κ1) is 12.3. The van der Waals surface area contributed by atoms with Gasteiger partial charge in [0.2, 0.25) is 0 Å². The van der Waals surface area contributed by atoms with Gasteiger partial charge in [-0.3, -0.25) is 0 Å². The molecule has 98 valence electrons. The molecule has 20 heavy (non-hydrogen) atoms. The molecule has 0 amide bonds. The molecule has 0 radical (unpaired) electrons. The number of benzene rings is 2. The van der Waals surface area contributed by atoms with Gasteiger partial charge in [0.1, 0.15) is 5.82 Å². The van der Waals surface area contributed by atoms with Crippen molar-refractivity contribution in [1.29, 1.82) is 0 Å². The Labute approximate surface area is 115 Å². The maximum atomic E-state index is 13.7. The van der Waals surface area contributed by atoms with E-state index in [-0.39, 0.29) is 5.82 Å².